The summed E-state index contributed by atoms with van der Waals surface area (Å²) in [6, 6.07) is 0.632. The van der Waals surface area contributed by atoms with Crippen molar-refractivity contribution in [3.05, 3.63) is 0 Å². The van der Waals surface area contributed by atoms with Crippen molar-refractivity contribution in [2.24, 2.45) is 5.92 Å². The maximum atomic E-state index is 11.6. The van der Waals surface area contributed by atoms with Gasteiger partial charge in [0, 0.05) is 37.7 Å². The molecule has 2 fully saturated rings. The van der Waals surface area contributed by atoms with Crippen molar-refractivity contribution >= 4 is 9.84 Å². The molecule has 2 saturated heterocycles. The predicted octanol–water partition coefficient (Wildman–Crippen LogP) is 0.120. The molecule has 3 unspecified atom stereocenters. The highest BCUT2D eigenvalue weighted by Gasteiger charge is 2.32. The van der Waals surface area contributed by atoms with Crippen LogP contribution < -0.4 is 5.32 Å². The normalized spacial score (nSPS) is 36.2. The van der Waals surface area contributed by atoms with Crippen molar-refractivity contribution < 1.29 is 13.2 Å². The third-order valence-corrected chi connectivity index (χ3v) is 6.01. The lowest BCUT2D eigenvalue weighted by Crippen LogP contribution is -2.53. The van der Waals surface area contributed by atoms with E-state index in [4.69, 9.17) is 4.74 Å². The number of nitrogens with one attached hydrogen (secondary N) is 1. The maximum Gasteiger partial charge on any atom is 0.153 e. The van der Waals surface area contributed by atoms with Gasteiger partial charge in [-0.05, 0) is 19.9 Å². The molecule has 0 spiro atoms. The van der Waals surface area contributed by atoms with Crippen molar-refractivity contribution in [1.29, 1.82) is 0 Å². The summed E-state index contributed by atoms with van der Waals surface area (Å²) < 4.78 is 28.8. The van der Waals surface area contributed by atoms with Gasteiger partial charge in [-0.1, -0.05) is 6.92 Å². The van der Waals surface area contributed by atoms with Crippen molar-refractivity contribution in [2.75, 3.05) is 44.4 Å². The fourth-order valence-corrected chi connectivity index (χ4v) is 4.74. The Morgan fingerprint density at radius 2 is 2.21 bits per heavy atom. The van der Waals surface area contributed by atoms with Gasteiger partial charge in [0.1, 0.15) is 0 Å². The quantitative estimate of drug-likeness (QED) is 0.797. The molecule has 0 radical (unpaired) electrons. The van der Waals surface area contributed by atoms with Crippen LogP contribution in [0, 0.1) is 5.92 Å². The Balaban J connectivity index is 1.92. The fourth-order valence-electron chi connectivity index (χ4n) is 3.11. The highest BCUT2D eigenvalue weighted by molar-refractivity contribution is 7.91. The summed E-state index contributed by atoms with van der Waals surface area (Å²) in [6.07, 6.45) is 1.05. The van der Waals surface area contributed by atoms with Gasteiger partial charge in [0.25, 0.3) is 0 Å². The van der Waals surface area contributed by atoms with E-state index in [1.165, 1.54) is 0 Å². The van der Waals surface area contributed by atoms with E-state index in [0.29, 0.717) is 30.0 Å². The molecular formula is C13H26N2O3S. The third-order valence-electron chi connectivity index (χ3n) is 4.22. The van der Waals surface area contributed by atoms with E-state index in [1.54, 1.807) is 0 Å². The Labute approximate surface area is 116 Å². The Morgan fingerprint density at radius 3 is 2.89 bits per heavy atom. The third kappa shape index (κ3) is 4.15. The molecule has 0 bridgehead atoms. The van der Waals surface area contributed by atoms with Crippen molar-refractivity contribution in [3.63, 3.8) is 0 Å². The molecule has 0 aromatic rings. The average Bonchev–Trinajstić information content (AvgIpc) is 2.35. The lowest BCUT2D eigenvalue weighted by Gasteiger charge is -2.39. The van der Waals surface area contributed by atoms with Crippen LogP contribution in [0.4, 0.5) is 0 Å². The standard InChI is InChI=1S/C13H26N2O3S/c1-3-14-13-4-6-18-9-12(13)8-15-5-7-19(16,17)10-11(15)2/h11-14H,3-10H2,1-2H3. The molecule has 0 aromatic heterocycles. The van der Waals surface area contributed by atoms with Gasteiger partial charge < -0.3 is 10.1 Å². The molecule has 0 aliphatic carbocycles. The van der Waals surface area contributed by atoms with Crippen molar-refractivity contribution in [1.82, 2.24) is 10.2 Å². The van der Waals surface area contributed by atoms with Crippen LogP contribution in [0.15, 0.2) is 0 Å². The van der Waals surface area contributed by atoms with Gasteiger partial charge in [0.15, 0.2) is 9.84 Å². The van der Waals surface area contributed by atoms with E-state index in [9.17, 15) is 8.42 Å². The summed E-state index contributed by atoms with van der Waals surface area (Å²) in [5.74, 6) is 1.07. The van der Waals surface area contributed by atoms with Gasteiger partial charge >= 0.3 is 0 Å². The second-order valence-electron chi connectivity index (χ2n) is 5.75. The van der Waals surface area contributed by atoms with Gasteiger partial charge in [-0.2, -0.15) is 0 Å². The van der Waals surface area contributed by atoms with E-state index in [2.05, 4.69) is 17.1 Å². The molecule has 112 valence electrons. The number of sulfone groups is 1. The van der Waals surface area contributed by atoms with E-state index < -0.39 is 9.84 Å². The number of nitrogens with zero attached hydrogens (tertiary/aromatic N) is 1. The summed E-state index contributed by atoms with van der Waals surface area (Å²) in [5, 5.41) is 3.53. The van der Waals surface area contributed by atoms with Gasteiger partial charge in [0.2, 0.25) is 0 Å². The first-order valence-corrected chi connectivity index (χ1v) is 9.09. The van der Waals surface area contributed by atoms with E-state index in [0.717, 1.165) is 32.7 Å². The summed E-state index contributed by atoms with van der Waals surface area (Å²) in [7, 11) is -2.82. The minimum absolute atomic E-state index is 0.128. The minimum atomic E-state index is -2.82. The summed E-state index contributed by atoms with van der Waals surface area (Å²) in [4.78, 5) is 2.31. The lowest BCUT2D eigenvalue weighted by atomic mass is 9.94. The van der Waals surface area contributed by atoms with Crippen LogP contribution in [0.1, 0.15) is 20.3 Å². The van der Waals surface area contributed by atoms with Crippen LogP contribution in [0.3, 0.4) is 0 Å². The van der Waals surface area contributed by atoms with Gasteiger partial charge in [-0.15, -0.1) is 0 Å². The molecule has 3 atom stereocenters. The first-order valence-electron chi connectivity index (χ1n) is 7.27. The molecule has 2 aliphatic rings. The van der Waals surface area contributed by atoms with Crippen LogP contribution in [0.5, 0.6) is 0 Å². The molecule has 0 amide bonds. The Bertz CT molecular complexity index is 383. The summed E-state index contributed by atoms with van der Waals surface area (Å²) in [5.41, 5.74) is 0. The van der Waals surface area contributed by atoms with Gasteiger partial charge in [-0.3, -0.25) is 4.90 Å². The lowest BCUT2D eigenvalue weighted by molar-refractivity contribution is 0.0131. The molecule has 0 saturated carbocycles. The van der Waals surface area contributed by atoms with Crippen molar-refractivity contribution in [2.45, 2.75) is 32.4 Å². The minimum Gasteiger partial charge on any atom is -0.381 e. The smallest absolute Gasteiger partial charge is 0.153 e. The first kappa shape index (κ1) is 15.2. The van der Waals surface area contributed by atoms with Crippen LogP contribution in [-0.4, -0.2) is 69.8 Å². The Kier molecular flexibility index (Phi) is 5.22. The SMILES string of the molecule is CCNC1CCOCC1CN1CCS(=O)(=O)CC1C. The number of hydrogen-bond donors (Lipinski definition) is 1. The molecule has 2 rings (SSSR count). The van der Waals surface area contributed by atoms with E-state index >= 15 is 0 Å². The zero-order valence-corrected chi connectivity index (χ0v) is 12.8. The Morgan fingerprint density at radius 1 is 1.42 bits per heavy atom. The summed E-state index contributed by atoms with van der Waals surface area (Å²) >= 11 is 0. The van der Waals surface area contributed by atoms with Gasteiger partial charge in [-0.25, -0.2) is 8.42 Å². The number of hydrogen-bond acceptors (Lipinski definition) is 5. The maximum absolute atomic E-state index is 11.6. The van der Waals surface area contributed by atoms with Crippen LogP contribution in [-0.2, 0) is 14.6 Å². The summed E-state index contributed by atoms with van der Waals surface area (Å²) in [6.45, 7) is 8.34. The number of ether oxygens (including phenoxy) is 1. The van der Waals surface area contributed by atoms with Crippen LogP contribution in [0.2, 0.25) is 0 Å². The van der Waals surface area contributed by atoms with Crippen molar-refractivity contribution in [3.8, 4) is 0 Å². The molecule has 5 nitrogen and oxygen atoms in total. The Hall–Kier alpha value is -0.170. The average molecular weight is 290 g/mol. The van der Waals surface area contributed by atoms with E-state index in [1.807, 2.05) is 6.92 Å². The zero-order chi connectivity index (χ0) is 13.9. The molecule has 1 N–H and O–H groups in total. The zero-order valence-electron chi connectivity index (χ0n) is 12.0. The second-order valence-corrected chi connectivity index (χ2v) is 7.97. The second kappa shape index (κ2) is 6.52. The number of rotatable bonds is 4. The highest BCUT2D eigenvalue weighted by atomic mass is 32.2. The monoisotopic (exact) mass is 290 g/mol. The predicted molar refractivity (Wildman–Crippen MR) is 76.1 cm³/mol. The first-order chi connectivity index (χ1) is 9.02. The van der Waals surface area contributed by atoms with Gasteiger partial charge in [0.05, 0.1) is 18.1 Å². The molecule has 2 aliphatic heterocycles. The molecule has 6 heteroatoms. The highest BCUT2D eigenvalue weighted by Crippen LogP contribution is 2.20. The molecular weight excluding hydrogens is 264 g/mol. The largest absolute Gasteiger partial charge is 0.381 e. The van der Waals surface area contributed by atoms with Crippen LogP contribution in [0.25, 0.3) is 0 Å². The molecule has 0 aromatic carbocycles. The van der Waals surface area contributed by atoms with Crippen LogP contribution >= 0.6 is 0 Å². The molecule has 19 heavy (non-hydrogen) atoms. The molecule has 2 heterocycles. The van der Waals surface area contributed by atoms with E-state index in [-0.39, 0.29) is 6.04 Å². The topological polar surface area (TPSA) is 58.6 Å². The fraction of sp³-hybridized carbons (Fsp3) is 1.00.